The number of esters is 1. The summed E-state index contributed by atoms with van der Waals surface area (Å²) in [5.74, 6) is 0.109. The van der Waals surface area contributed by atoms with E-state index in [0.717, 1.165) is 15.8 Å². The molecular weight excluding hydrogens is 548 g/mol. The highest BCUT2D eigenvalue weighted by molar-refractivity contribution is 9.10. The minimum atomic E-state index is -0.562. The molecule has 0 aliphatic carbocycles. The predicted molar refractivity (Wildman–Crippen MR) is 144 cm³/mol. The van der Waals surface area contributed by atoms with Crippen LogP contribution in [0.1, 0.15) is 30.4 Å². The average Bonchev–Trinajstić information content (AvgIpc) is 2.83. The molecule has 0 aliphatic rings. The first-order chi connectivity index (χ1) is 17.2. The maximum Gasteiger partial charge on any atom is 0.306 e. The molecule has 0 saturated heterocycles. The molecule has 0 bridgehead atoms. The molecule has 3 rings (SSSR count). The van der Waals surface area contributed by atoms with Gasteiger partial charge in [-0.15, -0.1) is 0 Å². The zero-order valence-electron chi connectivity index (χ0n) is 19.9. The van der Waals surface area contributed by atoms with Gasteiger partial charge in [0.15, 0.2) is 6.61 Å². The van der Waals surface area contributed by atoms with E-state index >= 15 is 0 Å². The van der Waals surface area contributed by atoms with Crippen LogP contribution in [-0.2, 0) is 19.1 Å². The molecule has 0 aromatic heterocycles. The predicted octanol–water partition coefficient (Wildman–Crippen LogP) is 6.80. The Morgan fingerprint density at radius 1 is 0.833 bits per heavy atom. The fourth-order valence-electron chi connectivity index (χ4n) is 3.13. The number of amides is 2. The molecule has 9 heteroatoms. The SMILES string of the molecule is Cc1ccc(Oc2ccc(NC(=O)CCCC(=O)OCC(=O)Nc3ccc(Br)cc3Cl)cc2)cc1C. The Hall–Kier alpha value is -3.36. The Morgan fingerprint density at radius 3 is 2.25 bits per heavy atom. The number of carbonyl (C=O) groups excluding carboxylic acids is 3. The normalized spacial score (nSPS) is 10.4. The second-order valence-electron chi connectivity index (χ2n) is 8.11. The number of halogens is 2. The third kappa shape index (κ3) is 8.70. The fourth-order valence-corrected chi connectivity index (χ4v) is 3.85. The van der Waals surface area contributed by atoms with E-state index in [0.29, 0.717) is 28.6 Å². The van der Waals surface area contributed by atoms with Crippen molar-refractivity contribution in [2.45, 2.75) is 33.1 Å². The molecule has 36 heavy (non-hydrogen) atoms. The number of ether oxygens (including phenoxy) is 2. The van der Waals surface area contributed by atoms with E-state index < -0.39 is 18.5 Å². The van der Waals surface area contributed by atoms with E-state index in [4.69, 9.17) is 21.1 Å². The molecule has 3 aromatic rings. The molecule has 0 spiro atoms. The van der Waals surface area contributed by atoms with Gasteiger partial charge in [0.25, 0.3) is 5.91 Å². The lowest BCUT2D eigenvalue weighted by Gasteiger charge is -2.10. The van der Waals surface area contributed by atoms with Crippen molar-refractivity contribution in [3.05, 3.63) is 81.3 Å². The van der Waals surface area contributed by atoms with Crippen LogP contribution in [0.5, 0.6) is 11.5 Å². The van der Waals surface area contributed by atoms with Crippen molar-refractivity contribution in [3.8, 4) is 11.5 Å². The maximum atomic E-state index is 12.2. The van der Waals surface area contributed by atoms with Crippen LogP contribution in [0.15, 0.2) is 65.1 Å². The summed E-state index contributed by atoms with van der Waals surface area (Å²) in [6, 6.07) is 17.9. The highest BCUT2D eigenvalue weighted by Crippen LogP contribution is 2.26. The van der Waals surface area contributed by atoms with Crippen molar-refractivity contribution >= 4 is 56.7 Å². The molecule has 188 valence electrons. The minimum Gasteiger partial charge on any atom is -0.457 e. The van der Waals surface area contributed by atoms with Crippen LogP contribution in [0.25, 0.3) is 0 Å². The van der Waals surface area contributed by atoms with Crippen LogP contribution in [0.2, 0.25) is 5.02 Å². The molecular formula is C27H26BrClN2O5. The summed E-state index contributed by atoms with van der Waals surface area (Å²) in [6.07, 6.45) is 0.442. The van der Waals surface area contributed by atoms with Crippen LogP contribution in [-0.4, -0.2) is 24.4 Å². The molecule has 2 amide bonds. The third-order valence-corrected chi connectivity index (χ3v) is 6.01. The van der Waals surface area contributed by atoms with E-state index in [1.807, 2.05) is 32.0 Å². The van der Waals surface area contributed by atoms with Gasteiger partial charge >= 0.3 is 5.97 Å². The Bertz CT molecular complexity index is 1250. The molecule has 3 aromatic carbocycles. The molecule has 0 unspecified atom stereocenters. The van der Waals surface area contributed by atoms with Gasteiger partial charge in [0.1, 0.15) is 11.5 Å². The lowest BCUT2D eigenvalue weighted by molar-refractivity contribution is -0.147. The number of benzene rings is 3. The first kappa shape index (κ1) is 27.2. The van der Waals surface area contributed by atoms with Crippen molar-refractivity contribution in [2.75, 3.05) is 17.2 Å². The minimum absolute atomic E-state index is 0.0164. The zero-order chi connectivity index (χ0) is 26.1. The van der Waals surface area contributed by atoms with Crippen LogP contribution in [0, 0.1) is 13.8 Å². The summed E-state index contributed by atoms with van der Waals surface area (Å²) in [4.78, 5) is 36.1. The zero-order valence-corrected chi connectivity index (χ0v) is 22.2. The van der Waals surface area contributed by atoms with Crippen LogP contribution < -0.4 is 15.4 Å². The summed E-state index contributed by atoms with van der Waals surface area (Å²) in [5.41, 5.74) is 3.39. The second kappa shape index (κ2) is 13.1. The Balaban J connectivity index is 1.34. The van der Waals surface area contributed by atoms with Gasteiger partial charge in [0.05, 0.1) is 10.7 Å². The third-order valence-electron chi connectivity index (χ3n) is 5.21. The summed E-state index contributed by atoms with van der Waals surface area (Å²) in [6.45, 7) is 3.63. The quantitative estimate of drug-likeness (QED) is 0.260. The number of aryl methyl sites for hydroxylation is 2. The fraction of sp³-hybridized carbons (Fsp3) is 0.222. The molecule has 0 heterocycles. The van der Waals surface area contributed by atoms with Gasteiger partial charge in [-0.3, -0.25) is 14.4 Å². The van der Waals surface area contributed by atoms with Crippen LogP contribution in [0.4, 0.5) is 11.4 Å². The Morgan fingerprint density at radius 2 is 1.56 bits per heavy atom. The van der Waals surface area contributed by atoms with Crippen molar-refractivity contribution in [2.24, 2.45) is 0 Å². The van der Waals surface area contributed by atoms with E-state index in [9.17, 15) is 14.4 Å². The lowest BCUT2D eigenvalue weighted by Crippen LogP contribution is -2.21. The average molecular weight is 574 g/mol. The van der Waals surface area contributed by atoms with Gasteiger partial charge in [0, 0.05) is 23.0 Å². The van der Waals surface area contributed by atoms with Crippen molar-refractivity contribution in [1.29, 1.82) is 0 Å². The summed E-state index contributed by atoms with van der Waals surface area (Å²) < 4.78 is 11.6. The highest BCUT2D eigenvalue weighted by atomic mass is 79.9. The number of anilines is 2. The van der Waals surface area contributed by atoms with E-state index in [-0.39, 0.29) is 18.7 Å². The first-order valence-corrected chi connectivity index (χ1v) is 12.4. The van der Waals surface area contributed by atoms with Gasteiger partial charge in [-0.1, -0.05) is 33.6 Å². The standard InChI is InChI=1S/C27H26BrClN2O5/c1-17-6-10-22(14-18(17)2)36-21-11-8-20(9-12-21)30-25(32)4-3-5-27(34)35-16-26(33)31-24-13-7-19(28)15-23(24)29/h6-15H,3-5,16H2,1-2H3,(H,30,32)(H,31,33). The van der Waals surface area contributed by atoms with E-state index in [2.05, 4.69) is 26.6 Å². The Labute approximate surface area is 223 Å². The number of carbonyl (C=O) groups is 3. The topological polar surface area (TPSA) is 93.7 Å². The van der Waals surface area contributed by atoms with Gasteiger partial charge in [-0.05, 0) is 86.0 Å². The molecule has 0 radical (unpaired) electrons. The first-order valence-electron chi connectivity index (χ1n) is 11.2. The molecule has 7 nitrogen and oxygen atoms in total. The van der Waals surface area contributed by atoms with Crippen molar-refractivity contribution < 1.29 is 23.9 Å². The molecule has 2 N–H and O–H groups in total. The molecule has 0 atom stereocenters. The summed E-state index contributed by atoms with van der Waals surface area (Å²) in [5, 5.41) is 5.72. The molecule has 0 saturated carbocycles. The van der Waals surface area contributed by atoms with Crippen molar-refractivity contribution in [3.63, 3.8) is 0 Å². The van der Waals surface area contributed by atoms with Crippen LogP contribution in [0.3, 0.4) is 0 Å². The van der Waals surface area contributed by atoms with Gasteiger partial charge < -0.3 is 20.1 Å². The van der Waals surface area contributed by atoms with Gasteiger partial charge in [-0.2, -0.15) is 0 Å². The number of hydrogen-bond donors (Lipinski definition) is 2. The number of nitrogens with one attached hydrogen (secondary N) is 2. The largest absolute Gasteiger partial charge is 0.457 e. The molecule has 0 fully saturated rings. The van der Waals surface area contributed by atoms with Crippen molar-refractivity contribution in [1.82, 2.24) is 0 Å². The Kier molecular flexibility index (Phi) is 9.90. The molecule has 0 aliphatic heterocycles. The number of hydrogen-bond acceptors (Lipinski definition) is 5. The van der Waals surface area contributed by atoms with Crippen LogP contribution >= 0.6 is 27.5 Å². The van der Waals surface area contributed by atoms with E-state index in [1.54, 1.807) is 42.5 Å². The van der Waals surface area contributed by atoms with E-state index in [1.165, 1.54) is 5.56 Å². The summed E-state index contributed by atoms with van der Waals surface area (Å²) >= 11 is 9.33. The lowest BCUT2D eigenvalue weighted by atomic mass is 10.1. The second-order valence-corrected chi connectivity index (χ2v) is 9.43. The highest BCUT2D eigenvalue weighted by Gasteiger charge is 2.11. The smallest absolute Gasteiger partial charge is 0.306 e. The maximum absolute atomic E-state index is 12.2. The summed E-state index contributed by atoms with van der Waals surface area (Å²) in [7, 11) is 0. The van der Waals surface area contributed by atoms with Gasteiger partial charge in [-0.25, -0.2) is 0 Å². The number of rotatable bonds is 10. The van der Waals surface area contributed by atoms with Gasteiger partial charge in [0.2, 0.25) is 5.91 Å². The monoisotopic (exact) mass is 572 g/mol.